The molecule has 0 saturated heterocycles. The van der Waals surface area contributed by atoms with Crippen LogP contribution in [0.2, 0.25) is 0 Å². The molecule has 1 aromatic heterocycles. The Kier molecular flexibility index (Phi) is 1.71. The molecule has 2 bridgehead atoms. The van der Waals surface area contributed by atoms with E-state index in [1.54, 1.807) is 0 Å². The van der Waals surface area contributed by atoms with Crippen LogP contribution in [0.4, 0.5) is 0 Å². The molecule has 2 atom stereocenters. The smallest absolute Gasteiger partial charge is 0.0706 e. The molecule has 0 aliphatic carbocycles. The minimum absolute atomic E-state index is 0.359. The van der Waals surface area contributed by atoms with Gasteiger partial charge in [0.05, 0.1) is 5.35 Å². The Hall–Kier alpha value is -1.15. The summed E-state index contributed by atoms with van der Waals surface area (Å²) in [5.41, 5.74) is 1.46. The average molecular weight is 201 g/mol. The molecule has 3 aliphatic rings. The van der Waals surface area contributed by atoms with Gasteiger partial charge in [-0.15, -0.1) is 0 Å². The fourth-order valence-corrected chi connectivity index (χ4v) is 3.38. The van der Waals surface area contributed by atoms with Gasteiger partial charge in [-0.1, -0.05) is 6.07 Å². The molecule has 0 aromatic carbocycles. The lowest BCUT2D eigenvalue weighted by Gasteiger charge is -2.26. The van der Waals surface area contributed by atoms with Gasteiger partial charge in [0, 0.05) is 16.7 Å². The Morgan fingerprint density at radius 3 is 3.21 bits per heavy atom. The molecule has 0 saturated carbocycles. The average Bonchev–Trinajstić information content (AvgIpc) is 2.17. The molecule has 4 heterocycles. The zero-order valence-electron chi connectivity index (χ0n) is 7.97. The Labute approximate surface area is 85.4 Å². The lowest BCUT2D eigenvalue weighted by Crippen LogP contribution is -2.30. The lowest BCUT2D eigenvalue weighted by atomic mass is 10.1. The van der Waals surface area contributed by atoms with Crippen molar-refractivity contribution in [1.29, 1.82) is 0 Å². The van der Waals surface area contributed by atoms with Crippen LogP contribution in [0.3, 0.4) is 0 Å². The van der Waals surface area contributed by atoms with Gasteiger partial charge in [-0.3, -0.25) is 4.98 Å². The van der Waals surface area contributed by atoms with Gasteiger partial charge < -0.3 is 0 Å². The van der Waals surface area contributed by atoms with Crippen molar-refractivity contribution in [3.63, 3.8) is 0 Å². The third-order valence-electron chi connectivity index (χ3n) is 2.73. The molecular weight excluding hydrogens is 190 g/mol. The monoisotopic (exact) mass is 201 g/mol. The first kappa shape index (κ1) is 8.18. The Bertz CT molecular complexity index is 566. The number of hydrogen-bond donors (Lipinski definition) is 0. The maximum atomic E-state index is 4.36. The molecule has 2 unspecified atom stereocenters. The van der Waals surface area contributed by atoms with E-state index in [9.17, 15) is 0 Å². The van der Waals surface area contributed by atoms with E-state index in [4.69, 9.17) is 0 Å². The highest BCUT2D eigenvalue weighted by atomic mass is 32.2. The largest absolute Gasteiger partial charge is 0.256 e. The molecule has 4 rings (SSSR count). The van der Waals surface area contributed by atoms with Crippen LogP contribution in [0, 0.1) is 0 Å². The summed E-state index contributed by atoms with van der Waals surface area (Å²) >= 11 is 0. The second-order valence-corrected chi connectivity index (χ2v) is 5.62. The maximum Gasteiger partial charge on any atom is 0.0706 e. The molecular formula is C12H11NS. The molecule has 0 amide bonds. The van der Waals surface area contributed by atoms with E-state index in [-0.39, 0.29) is 0 Å². The minimum Gasteiger partial charge on any atom is -0.256 e. The van der Waals surface area contributed by atoms with Crippen molar-refractivity contribution in [2.75, 3.05) is 0 Å². The van der Waals surface area contributed by atoms with Gasteiger partial charge >= 0.3 is 0 Å². The zero-order chi connectivity index (χ0) is 9.54. The first-order valence-corrected chi connectivity index (χ1v) is 6.16. The Balaban J connectivity index is 2.37. The maximum absolute atomic E-state index is 4.36. The molecule has 1 nitrogen and oxygen atoms in total. The van der Waals surface area contributed by atoms with Crippen LogP contribution in [0.15, 0.2) is 29.3 Å². The van der Waals surface area contributed by atoms with E-state index >= 15 is 0 Å². The number of hydrogen-bond acceptors (Lipinski definition) is 1. The molecule has 0 spiro atoms. The number of nitrogens with zero attached hydrogens (tertiary/aromatic N) is 1. The SMILES string of the molecule is CC1C2=CS1=C/C=c1/ncccc1=C2. The Morgan fingerprint density at radius 1 is 1.43 bits per heavy atom. The summed E-state index contributed by atoms with van der Waals surface area (Å²) in [6.07, 6.45) is 6.27. The molecule has 1 aromatic rings. The van der Waals surface area contributed by atoms with Crippen molar-refractivity contribution in [3.05, 3.63) is 39.9 Å². The molecule has 70 valence electrons. The molecule has 0 fully saturated rings. The van der Waals surface area contributed by atoms with Gasteiger partial charge in [0.25, 0.3) is 0 Å². The lowest BCUT2D eigenvalue weighted by molar-refractivity contribution is 1.16. The topological polar surface area (TPSA) is 12.9 Å². The summed E-state index contributed by atoms with van der Waals surface area (Å²) in [6, 6.07) is 4.12. The first-order valence-electron chi connectivity index (χ1n) is 4.75. The highest BCUT2D eigenvalue weighted by Crippen LogP contribution is 2.40. The summed E-state index contributed by atoms with van der Waals surface area (Å²) in [4.78, 5) is 4.36. The van der Waals surface area contributed by atoms with Gasteiger partial charge in [0.2, 0.25) is 0 Å². The first-order chi connectivity index (χ1) is 6.84. The van der Waals surface area contributed by atoms with Gasteiger partial charge in [0.15, 0.2) is 0 Å². The summed E-state index contributed by atoms with van der Waals surface area (Å²) in [5, 5.41) is 7.69. The van der Waals surface area contributed by atoms with Crippen molar-refractivity contribution < 1.29 is 0 Å². The highest BCUT2D eigenvalue weighted by Gasteiger charge is 2.19. The molecule has 14 heavy (non-hydrogen) atoms. The third-order valence-corrected chi connectivity index (χ3v) is 4.81. The van der Waals surface area contributed by atoms with Gasteiger partial charge in [0.1, 0.15) is 0 Å². The second kappa shape index (κ2) is 2.92. The van der Waals surface area contributed by atoms with E-state index in [1.165, 1.54) is 10.8 Å². The molecule has 2 heteroatoms. The molecule has 3 aliphatic heterocycles. The predicted molar refractivity (Wildman–Crippen MR) is 63.6 cm³/mol. The number of pyridine rings is 1. The number of aromatic nitrogens is 1. The van der Waals surface area contributed by atoms with Crippen molar-refractivity contribution in [3.8, 4) is 0 Å². The van der Waals surface area contributed by atoms with Crippen molar-refractivity contribution in [2.24, 2.45) is 0 Å². The number of rotatable bonds is 0. The van der Waals surface area contributed by atoms with E-state index in [0.717, 1.165) is 5.35 Å². The summed E-state index contributed by atoms with van der Waals surface area (Å²) in [7, 11) is 0.359. The predicted octanol–water partition coefficient (Wildman–Crippen LogP) is 1.01. The van der Waals surface area contributed by atoms with Crippen LogP contribution in [0.1, 0.15) is 6.92 Å². The van der Waals surface area contributed by atoms with Crippen LogP contribution in [0.25, 0.3) is 12.2 Å². The quantitative estimate of drug-likeness (QED) is 0.571. The number of fused-ring (bicyclic) bond motifs is 1. The second-order valence-electron chi connectivity index (χ2n) is 3.59. The van der Waals surface area contributed by atoms with Crippen LogP contribution in [0.5, 0.6) is 0 Å². The van der Waals surface area contributed by atoms with Gasteiger partial charge in [-0.05, 0) is 41.5 Å². The summed E-state index contributed by atoms with van der Waals surface area (Å²) in [6.45, 7) is 2.29. The van der Waals surface area contributed by atoms with Crippen molar-refractivity contribution in [1.82, 2.24) is 4.98 Å². The summed E-state index contributed by atoms with van der Waals surface area (Å²) < 4.78 is 0. The Morgan fingerprint density at radius 2 is 2.36 bits per heavy atom. The fourth-order valence-electron chi connectivity index (χ4n) is 1.76. The van der Waals surface area contributed by atoms with Crippen molar-refractivity contribution >= 4 is 28.0 Å². The van der Waals surface area contributed by atoms with Gasteiger partial charge in [-0.25, -0.2) is 0 Å². The minimum atomic E-state index is 0.359. The highest BCUT2D eigenvalue weighted by molar-refractivity contribution is 8.19. The zero-order valence-corrected chi connectivity index (χ0v) is 8.79. The van der Waals surface area contributed by atoms with E-state index in [2.05, 4.69) is 40.9 Å². The van der Waals surface area contributed by atoms with Crippen molar-refractivity contribution in [2.45, 2.75) is 12.2 Å². The molecule has 0 N–H and O–H groups in total. The van der Waals surface area contributed by atoms with Crippen LogP contribution < -0.4 is 10.6 Å². The fraction of sp³-hybridized carbons (Fsp3) is 0.167. The van der Waals surface area contributed by atoms with Crippen LogP contribution in [-0.4, -0.2) is 15.6 Å². The van der Waals surface area contributed by atoms with Gasteiger partial charge in [-0.2, -0.15) is 10.5 Å². The summed E-state index contributed by atoms with van der Waals surface area (Å²) in [5.74, 6) is 0. The van der Waals surface area contributed by atoms with Crippen LogP contribution in [-0.2, 0) is 0 Å². The normalized spacial score (nSPS) is 30.1. The standard InChI is InChI=1S/C12H11NS/c1-9-11-7-10-3-2-5-13-12(10)4-6-14(9)8-11/h2-9H,1H3/b6-4?,10-7?,11-7?,12-4+. The van der Waals surface area contributed by atoms with Crippen LogP contribution >= 0.6 is 10.5 Å². The van der Waals surface area contributed by atoms with E-state index < -0.39 is 0 Å². The van der Waals surface area contributed by atoms with E-state index in [1.807, 2.05) is 12.3 Å². The third kappa shape index (κ3) is 1.11. The van der Waals surface area contributed by atoms with E-state index in [0.29, 0.717) is 15.7 Å². The molecule has 0 radical (unpaired) electrons.